The molecule has 0 atom stereocenters. The highest BCUT2D eigenvalue weighted by molar-refractivity contribution is 8.00. The number of thioether (sulfide) groups is 1. The molecule has 25 heavy (non-hydrogen) atoms. The summed E-state index contributed by atoms with van der Waals surface area (Å²) >= 11 is 2.90. The minimum Gasteiger partial charge on any atom is -0.481 e. The molecule has 0 bridgehead atoms. The first kappa shape index (κ1) is 19.5. The van der Waals surface area contributed by atoms with Crippen molar-refractivity contribution in [3.8, 4) is 0 Å². The van der Waals surface area contributed by atoms with Gasteiger partial charge in [-0.05, 0) is 20.3 Å². The molecule has 0 saturated heterocycles. The lowest BCUT2D eigenvalue weighted by atomic mass is 9.88. The van der Waals surface area contributed by atoms with E-state index < -0.39 is 11.4 Å². The van der Waals surface area contributed by atoms with E-state index in [0.29, 0.717) is 16.8 Å². The molecule has 1 amide bonds. The molecule has 0 fully saturated rings. The maximum atomic E-state index is 11.9. The van der Waals surface area contributed by atoms with Crippen LogP contribution in [0.15, 0.2) is 21.0 Å². The summed E-state index contributed by atoms with van der Waals surface area (Å²) in [6, 6.07) is 0. The third kappa shape index (κ3) is 5.86. The van der Waals surface area contributed by atoms with Gasteiger partial charge in [0.05, 0.1) is 27.8 Å². The van der Waals surface area contributed by atoms with Gasteiger partial charge in [0.2, 0.25) is 11.8 Å². The Kier molecular flexibility index (Phi) is 6.60. The number of thiazole rings is 1. The highest BCUT2D eigenvalue weighted by Crippen LogP contribution is 2.31. The van der Waals surface area contributed by atoms with Crippen molar-refractivity contribution in [3.05, 3.63) is 24.0 Å². The number of hydrogen-bond acceptors (Lipinski definition) is 7. The second kappa shape index (κ2) is 8.48. The highest BCUT2D eigenvalue weighted by atomic mass is 32.2. The first-order chi connectivity index (χ1) is 11.8. The van der Waals surface area contributed by atoms with E-state index in [1.807, 2.05) is 6.92 Å². The minimum atomic E-state index is -0.922. The van der Waals surface area contributed by atoms with Crippen LogP contribution in [0.4, 0.5) is 5.13 Å². The number of aryl methyl sites for hydroxylation is 1. The molecule has 2 N–H and O–H groups in total. The number of amides is 1. The van der Waals surface area contributed by atoms with Crippen molar-refractivity contribution in [2.24, 2.45) is 5.41 Å². The molecule has 0 aromatic carbocycles. The molecule has 2 heterocycles. The number of anilines is 1. The molecule has 0 saturated carbocycles. The van der Waals surface area contributed by atoms with Gasteiger partial charge in [-0.3, -0.25) is 9.59 Å². The summed E-state index contributed by atoms with van der Waals surface area (Å²) < 4.78 is 6.49. The van der Waals surface area contributed by atoms with E-state index in [1.54, 1.807) is 26.2 Å². The summed E-state index contributed by atoms with van der Waals surface area (Å²) in [6.45, 7) is 5.22. The Labute approximate surface area is 154 Å². The number of carboxylic acid groups (broad SMARTS) is 1. The number of rotatable bonds is 9. The third-order valence-corrected chi connectivity index (χ3v) is 5.67. The molecule has 2 rings (SSSR count). The molecule has 2 aromatic heterocycles. The summed E-state index contributed by atoms with van der Waals surface area (Å²) in [7, 11) is 0. The van der Waals surface area contributed by atoms with Crippen molar-refractivity contribution in [3.63, 3.8) is 0 Å². The lowest BCUT2D eigenvalue weighted by Crippen LogP contribution is -2.25. The van der Waals surface area contributed by atoms with Gasteiger partial charge < -0.3 is 14.8 Å². The van der Waals surface area contributed by atoms with Crippen molar-refractivity contribution in [2.45, 2.75) is 50.0 Å². The quantitative estimate of drug-likeness (QED) is 0.634. The van der Waals surface area contributed by atoms with E-state index in [4.69, 9.17) is 9.52 Å². The highest BCUT2D eigenvalue weighted by Gasteiger charge is 2.27. The maximum absolute atomic E-state index is 11.9. The molecule has 2 aromatic rings. The van der Waals surface area contributed by atoms with Gasteiger partial charge in [0.15, 0.2) is 5.13 Å². The van der Waals surface area contributed by atoms with Crippen LogP contribution in [0.2, 0.25) is 0 Å². The Morgan fingerprint density at radius 1 is 1.36 bits per heavy atom. The van der Waals surface area contributed by atoms with Crippen molar-refractivity contribution >= 4 is 40.1 Å². The molecule has 0 unspecified atom stereocenters. The Morgan fingerprint density at radius 3 is 2.76 bits per heavy atom. The second-order valence-corrected chi connectivity index (χ2v) is 8.39. The number of oxazole rings is 1. The largest absolute Gasteiger partial charge is 0.481 e. The summed E-state index contributed by atoms with van der Waals surface area (Å²) in [6.07, 6.45) is 4.64. The number of carbonyl (C=O) groups is 2. The fraction of sp³-hybridized carbons (Fsp3) is 0.500. The van der Waals surface area contributed by atoms with Crippen molar-refractivity contribution < 1.29 is 19.1 Å². The number of aliphatic carboxylic acids is 1. The smallest absolute Gasteiger partial charge is 0.309 e. The van der Waals surface area contributed by atoms with Crippen molar-refractivity contribution in [2.75, 3.05) is 5.32 Å². The van der Waals surface area contributed by atoms with Crippen LogP contribution >= 0.6 is 23.1 Å². The molecule has 136 valence electrons. The molecular weight excluding hydrogens is 362 g/mol. The van der Waals surface area contributed by atoms with Gasteiger partial charge in [0.25, 0.3) is 0 Å². The standard InChI is InChI=1S/C16H21N3O4S2/c1-4-10-7-17-12(23-10)9-24-13-8-18-15(25-13)19-11(20)5-6-16(2,3)14(21)22/h7-8H,4-6,9H2,1-3H3,(H,21,22)(H,18,19,20). The van der Waals surface area contributed by atoms with Gasteiger partial charge in [0.1, 0.15) is 5.76 Å². The van der Waals surface area contributed by atoms with Crippen LogP contribution in [0.3, 0.4) is 0 Å². The summed E-state index contributed by atoms with van der Waals surface area (Å²) in [4.78, 5) is 31.3. The van der Waals surface area contributed by atoms with Gasteiger partial charge in [-0.2, -0.15) is 0 Å². The topological polar surface area (TPSA) is 105 Å². The minimum absolute atomic E-state index is 0.136. The summed E-state index contributed by atoms with van der Waals surface area (Å²) in [5.74, 6) is 0.975. The third-order valence-electron chi connectivity index (χ3n) is 3.57. The number of nitrogens with one attached hydrogen (secondary N) is 1. The summed E-state index contributed by atoms with van der Waals surface area (Å²) in [5.41, 5.74) is -0.922. The predicted octanol–water partition coefficient (Wildman–Crippen LogP) is 3.82. The van der Waals surface area contributed by atoms with E-state index in [9.17, 15) is 9.59 Å². The lowest BCUT2D eigenvalue weighted by molar-refractivity contribution is -0.147. The Bertz CT molecular complexity index is 739. The molecule has 0 spiro atoms. The molecule has 0 radical (unpaired) electrons. The zero-order valence-corrected chi connectivity index (χ0v) is 16.0. The zero-order chi connectivity index (χ0) is 18.4. The Hall–Kier alpha value is -1.87. The predicted molar refractivity (Wildman–Crippen MR) is 96.8 cm³/mol. The molecule has 7 nitrogen and oxygen atoms in total. The average molecular weight is 383 g/mol. The fourth-order valence-electron chi connectivity index (χ4n) is 1.81. The van der Waals surface area contributed by atoms with Crippen LogP contribution in [0.25, 0.3) is 0 Å². The Balaban J connectivity index is 1.80. The number of carbonyl (C=O) groups excluding carboxylic acids is 1. The number of carboxylic acids is 1. The first-order valence-corrected chi connectivity index (χ1v) is 9.66. The zero-order valence-electron chi connectivity index (χ0n) is 14.4. The fourth-order valence-corrected chi connectivity index (χ4v) is 3.55. The van der Waals surface area contributed by atoms with E-state index in [1.165, 1.54) is 23.1 Å². The number of hydrogen-bond donors (Lipinski definition) is 2. The van der Waals surface area contributed by atoms with Gasteiger partial charge >= 0.3 is 5.97 Å². The number of nitrogens with zero attached hydrogens (tertiary/aromatic N) is 2. The molecule has 0 aliphatic carbocycles. The SMILES string of the molecule is CCc1cnc(CSc2cnc(NC(=O)CCC(C)(C)C(=O)O)s2)o1. The van der Waals surface area contributed by atoms with Crippen LogP contribution in [-0.2, 0) is 21.8 Å². The molecule has 0 aliphatic rings. The van der Waals surface area contributed by atoms with Crippen molar-refractivity contribution in [1.82, 2.24) is 9.97 Å². The second-order valence-electron chi connectivity index (χ2n) is 6.08. The molecule has 0 aliphatic heterocycles. The Morgan fingerprint density at radius 2 is 2.12 bits per heavy atom. The van der Waals surface area contributed by atoms with Crippen LogP contribution < -0.4 is 5.32 Å². The maximum Gasteiger partial charge on any atom is 0.309 e. The monoisotopic (exact) mass is 383 g/mol. The van der Waals surface area contributed by atoms with Crippen molar-refractivity contribution in [1.29, 1.82) is 0 Å². The van der Waals surface area contributed by atoms with Crippen LogP contribution in [0.5, 0.6) is 0 Å². The lowest BCUT2D eigenvalue weighted by Gasteiger charge is -2.17. The van der Waals surface area contributed by atoms with E-state index >= 15 is 0 Å². The summed E-state index contributed by atoms with van der Waals surface area (Å²) in [5, 5.41) is 12.3. The van der Waals surface area contributed by atoms with Crippen LogP contribution in [0, 0.1) is 5.41 Å². The van der Waals surface area contributed by atoms with E-state index in [0.717, 1.165) is 16.4 Å². The molecule has 9 heteroatoms. The van der Waals surface area contributed by atoms with E-state index in [2.05, 4.69) is 15.3 Å². The van der Waals surface area contributed by atoms with Gasteiger partial charge in [-0.25, -0.2) is 9.97 Å². The van der Waals surface area contributed by atoms with Gasteiger partial charge in [-0.15, -0.1) is 11.8 Å². The normalized spacial score (nSPS) is 11.5. The van der Waals surface area contributed by atoms with Gasteiger partial charge in [0, 0.05) is 12.8 Å². The molecular formula is C16H21N3O4S2. The van der Waals surface area contributed by atoms with E-state index in [-0.39, 0.29) is 18.7 Å². The number of aromatic nitrogens is 2. The first-order valence-electron chi connectivity index (χ1n) is 7.85. The van der Waals surface area contributed by atoms with Crippen LogP contribution in [0.1, 0.15) is 45.3 Å². The average Bonchev–Trinajstić information content (AvgIpc) is 3.20. The van der Waals surface area contributed by atoms with Crippen LogP contribution in [-0.4, -0.2) is 27.0 Å². The van der Waals surface area contributed by atoms with Gasteiger partial charge in [-0.1, -0.05) is 18.3 Å².